The second-order valence-electron chi connectivity index (χ2n) is 8.54. The molecule has 2 aliphatic rings. The Bertz CT molecular complexity index is 1270. The number of thioether (sulfide) groups is 1. The van der Waals surface area contributed by atoms with Crippen molar-refractivity contribution >= 4 is 34.5 Å². The number of nitrogens with zero attached hydrogens (tertiary/aromatic N) is 5. The molecule has 2 aliphatic heterocycles. The van der Waals surface area contributed by atoms with Gasteiger partial charge in [-0.3, -0.25) is 9.59 Å². The summed E-state index contributed by atoms with van der Waals surface area (Å²) in [5.74, 6) is 2.16. The van der Waals surface area contributed by atoms with Crippen LogP contribution in [0.5, 0.6) is 5.75 Å². The molecule has 4 heterocycles. The summed E-state index contributed by atoms with van der Waals surface area (Å²) < 4.78 is 7.10. The van der Waals surface area contributed by atoms with Gasteiger partial charge >= 0.3 is 0 Å². The summed E-state index contributed by atoms with van der Waals surface area (Å²) in [5.41, 5.74) is 2.30. The van der Waals surface area contributed by atoms with Crippen molar-refractivity contribution in [3.63, 3.8) is 0 Å². The Morgan fingerprint density at radius 3 is 3.03 bits per heavy atom. The van der Waals surface area contributed by atoms with E-state index < -0.39 is 0 Å². The zero-order chi connectivity index (χ0) is 23.5. The first-order valence-corrected chi connectivity index (χ1v) is 12.3. The molecular weight excluding hydrogens is 454 g/mol. The van der Waals surface area contributed by atoms with Crippen LogP contribution in [0.1, 0.15) is 12.1 Å². The lowest BCUT2D eigenvalue weighted by Gasteiger charge is -2.18. The lowest BCUT2D eigenvalue weighted by molar-refractivity contribution is -0.113. The van der Waals surface area contributed by atoms with Crippen LogP contribution in [0, 0.1) is 5.92 Å². The molecule has 3 aromatic rings. The fourth-order valence-corrected chi connectivity index (χ4v) is 5.12. The maximum atomic E-state index is 12.5. The van der Waals surface area contributed by atoms with Gasteiger partial charge in [0, 0.05) is 32.2 Å². The molecule has 0 unspecified atom stereocenters. The van der Waals surface area contributed by atoms with Crippen LogP contribution in [0.3, 0.4) is 0 Å². The zero-order valence-corrected chi connectivity index (χ0v) is 19.8. The average Bonchev–Trinajstić information content (AvgIpc) is 3.30. The average molecular weight is 482 g/mol. The van der Waals surface area contributed by atoms with Crippen LogP contribution < -0.4 is 20.9 Å². The molecule has 1 atom stereocenters. The molecule has 1 fully saturated rings. The van der Waals surface area contributed by atoms with Gasteiger partial charge in [0.15, 0.2) is 5.82 Å². The smallest absolute Gasteiger partial charge is 0.269 e. The molecule has 34 heavy (non-hydrogen) atoms. The molecule has 5 rings (SSSR count). The number of hydrogen-bond acceptors (Lipinski definition) is 9. The molecule has 1 aromatic carbocycles. The molecule has 0 spiro atoms. The Balaban J connectivity index is 1.13. The standard InChI is InChI=1S/C23H27N7O3S/c1-33-17-2-3-18-19(8-17)30(21(32)12-25-18)7-6-29-5-4-15(13-29)9-24-10-16-11-26-23-22(27-16)28-20(31)14-34-23/h2-3,8,11-12,15,24H,4-7,9-10,13-14H2,1H3,(H,27,28,31)/t15-/m0/s1. The van der Waals surface area contributed by atoms with Gasteiger partial charge in [0.05, 0.1) is 42.0 Å². The van der Waals surface area contributed by atoms with Gasteiger partial charge in [0.25, 0.3) is 5.56 Å². The van der Waals surface area contributed by atoms with E-state index in [1.807, 2.05) is 18.2 Å². The highest BCUT2D eigenvalue weighted by molar-refractivity contribution is 8.00. The molecular formula is C23H27N7O3S. The Morgan fingerprint density at radius 2 is 2.15 bits per heavy atom. The van der Waals surface area contributed by atoms with Crippen LogP contribution in [-0.2, 0) is 17.9 Å². The molecule has 0 radical (unpaired) electrons. The molecule has 2 N–H and O–H groups in total. The summed E-state index contributed by atoms with van der Waals surface area (Å²) in [7, 11) is 1.62. The van der Waals surface area contributed by atoms with Crippen molar-refractivity contribution in [2.24, 2.45) is 5.92 Å². The summed E-state index contributed by atoms with van der Waals surface area (Å²) in [4.78, 5) is 39.6. The van der Waals surface area contributed by atoms with Gasteiger partial charge in [-0.1, -0.05) is 11.8 Å². The van der Waals surface area contributed by atoms with Gasteiger partial charge in [0.2, 0.25) is 5.91 Å². The second-order valence-corrected chi connectivity index (χ2v) is 9.50. The van der Waals surface area contributed by atoms with Gasteiger partial charge in [-0.15, -0.1) is 0 Å². The molecule has 10 nitrogen and oxygen atoms in total. The highest BCUT2D eigenvalue weighted by Gasteiger charge is 2.23. The predicted molar refractivity (Wildman–Crippen MR) is 130 cm³/mol. The molecule has 1 amide bonds. The quantitative estimate of drug-likeness (QED) is 0.492. The van der Waals surface area contributed by atoms with Gasteiger partial charge in [-0.2, -0.15) is 0 Å². The highest BCUT2D eigenvalue weighted by atomic mass is 32.2. The number of hydrogen-bond donors (Lipinski definition) is 2. The number of carbonyl (C=O) groups excluding carboxylic acids is 1. The normalized spacial score (nSPS) is 18.1. The molecule has 0 aliphatic carbocycles. The summed E-state index contributed by atoms with van der Waals surface area (Å²) >= 11 is 1.41. The number of anilines is 1. The summed E-state index contributed by atoms with van der Waals surface area (Å²) in [6.07, 6.45) is 4.26. The third-order valence-corrected chi connectivity index (χ3v) is 7.17. The van der Waals surface area contributed by atoms with Crippen molar-refractivity contribution in [2.45, 2.75) is 24.5 Å². The third-order valence-electron chi connectivity index (χ3n) is 6.19. The predicted octanol–water partition coefficient (Wildman–Crippen LogP) is 1.35. The van der Waals surface area contributed by atoms with Gasteiger partial charge in [0.1, 0.15) is 10.8 Å². The topological polar surface area (TPSA) is 114 Å². The fraction of sp³-hybridized carbons (Fsp3) is 0.435. The van der Waals surface area contributed by atoms with Crippen LogP contribution >= 0.6 is 11.8 Å². The molecule has 0 saturated carbocycles. The van der Waals surface area contributed by atoms with Gasteiger partial charge in [-0.25, -0.2) is 15.0 Å². The maximum absolute atomic E-state index is 12.5. The monoisotopic (exact) mass is 481 g/mol. The number of benzene rings is 1. The molecule has 2 aromatic heterocycles. The van der Waals surface area contributed by atoms with E-state index in [0.29, 0.717) is 36.3 Å². The van der Waals surface area contributed by atoms with E-state index in [2.05, 4.69) is 30.5 Å². The summed E-state index contributed by atoms with van der Waals surface area (Å²) in [5, 5.41) is 7.03. The second kappa shape index (κ2) is 10.1. The fourth-order valence-electron chi connectivity index (χ4n) is 4.42. The SMILES string of the molecule is COc1ccc2ncc(=O)n(CCN3CC[C@@H](CNCc4cnc5c(n4)NC(=O)CS5)C3)c2c1. The van der Waals surface area contributed by atoms with Crippen molar-refractivity contribution in [2.75, 3.05) is 44.4 Å². The number of rotatable bonds is 8. The zero-order valence-electron chi connectivity index (χ0n) is 19.0. The van der Waals surface area contributed by atoms with E-state index in [9.17, 15) is 9.59 Å². The van der Waals surface area contributed by atoms with E-state index in [1.165, 1.54) is 18.0 Å². The number of ether oxygens (including phenoxy) is 1. The summed E-state index contributed by atoms with van der Waals surface area (Å²) in [6, 6.07) is 5.60. The Kier molecular flexibility index (Phi) is 6.75. The molecule has 11 heteroatoms. The number of nitrogens with one attached hydrogen (secondary N) is 2. The highest BCUT2D eigenvalue weighted by Crippen LogP contribution is 2.27. The van der Waals surface area contributed by atoms with Crippen molar-refractivity contribution in [1.82, 2.24) is 29.7 Å². The van der Waals surface area contributed by atoms with E-state index in [-0.39, 0.29) is 11.5 Å². The lowest BCUT2D eigenvalue weighted by atomic mass is 10.1. The minimum absolute atomic E-state index is 0.0379. The molecule has 1 saturated heterocycles. The van der Waals surface area contributed by atoms with E-state index in [0.717, 1.165) is 54.4 Å². The van der Waals surface area contributed by atoms with Crippen molar-refractivity contribution in [3.8, 4) is 5.75 Å². The number of carbonyl (C=O) groups is 1. The maximum Gasteiger partial charge on any atom is 0.269 e. The van der Waals surface area contributed by atoms with Crippen LogP contribution in [0.2, 0.25) is 0 Å². The van der Waals surface area contributed by atoms with Crippen LogP contribution in [0.15, 0.2) is 40.4 Å². The largest absolute Gasteiger partial charge is 0.497 e. The van der Waals surface area contributed by atoms with Gasteiger partial charge < -0.3 is 24.8 Å². The minimum atomic E-state index is -0.0982. The first-order valence-electron chi connectivity index (χ1n) is 11.3. The Hall–Kier alpha value is -3.02. The van der Waals surface area contributed by atoms with Crippen molar-refractivity contribution in [1.29, 1.82) is 0 Å². The van der Waals surface area contributed by atoms with E-state index in [4.69, 9.17) is 4.74 Å². The van der Waals surface area contributed by atoms with E-state index in [1.54, 1.807) is 17.9 Å². The first-order chi connectivity index (χ1) is 16.6. The number of methoxy groups -OCH3 is 1. The number of fused-ring (bicyclic) bond motifs is 2. The van der Waals surface area contributed by atoms with Crippen molar-refractivity contribution in [3.05, 3.63) is 46.6 Å². The third kappa shape index (κ3) is 5.06. The lowest BCUT2D eigenvalue weighted by Crippen LogP contribution is -2.31. The van der Waals surface area contributed by atoms with Crippen LogP contribution in [-0.4, -0.2) is 69.4 Å². The van der Waals surface area contributed by atoms with Crippen LogP contribution in [0.4, 0.5) is 5.82 Å². The Labute approximate surface area is 201 Å². The number of aromatic nitrogens is 4. The summed E-state index contributed by atoms with van der Waals surface area (Å²) in [6.45, 7) is 4.90. The minimum Gasteiger partial charge on any atom is -0.497 e. The van der Waals surface area contributed by atoms with Crippen LogP contribution in [0.25, 0.3) is 11.0 Å². The van der Waals surface area contributed by atoms with E-state index >= 15 is 0 Å². The number of likely N-dealkylation sites (tertiary alicyclic amines) is 1. The molecule has 178 valence electrons. The van der Waals surface area contributed by atoms with Gasteiger partial charge in [-0.05, 0) is 37.6 Å². The first kappa shape index (κ1) is 22.8. The van der Waals surface area contributed by atoms with Crippen molar-refractivity contribution < 1.29 is 9.53 Å². The molecule has 0 bridgehead atoms. The Morgan fingerprint density at radius 1 is 1.24 bits per heavy atom. The number of amides is 1.